The van der Waals surface area contributed by atoms with Crippen LogP contribution >= 0.6 is 0 Å². The Morgan fingerprint density at radius 3 is 2.25 bits per heavy atom. The zero-order chi connectivity index (χ0) is 17.7. The molecule has 0 aliphatic carbocycles. The SMILES string of the molecule is CCc1ccccc1NC(=O)Cc1ccc(S(=O)(=O)N(C)C)cc1. The molecular weight excluding hydrogens is 324 g/mol. The first-order chi connectivity index (χ1) is 11.3. The standard InChI is InChI=1S/C18H22N2O3S/c1-4-15-7-5-6-8-17(15)19-18(21)13-14-9-11-16(12-10-14)24(22,23)20(2)3/h5-12H,4,13H2,1-3H3,(H,19,21). The Labute approximate surface area is 143 Å². The first-order valence-electron chi connectivity index (χ1n) is 7.74. The van der Waals surface area contributed by atoms with Crippen molar-refractivity contribution in [3.05, 3.63) is 59.7 Å². The van der Waals surface area contributed by atoms with Crippen molar-refractivity contribution in [2.24, 2.45) is 0 Å². The monoisotopic (exact) mass is 346 g/mol. The third-order valence-electron chi connectivity index (χ3n) is 3.74. The Bertz CT molecular complexity index is 812. The number of anilines is 1. The summed E-state index contributed by atoms with van der Waals surface area (Å²) in [6.07, 6.45) is 1.04. The summed E-state index contributed by atoms with van der Waals surface area (Å²) in [5.41, 5.74) is 2.66. The zero-order valence-corrected chi connectivity index (χ0v) is 14.9. The lowest BCUT2D eigenvalue weighted by atomic mass is 10.1. The number of nitrogens with zero attached hydrogens (tertiary/aromatic N) is 1. The third-order valence-corrected chi connectivity index (χ3v) is 5.57. The molecule has 0 saturated carbocycles. The first-order valence-corrected chi connectivity index (χ1v) is 9.18. The highest BCUT2D eigenvalue weighted by molar-refractivity contribution is 7.89. The fraction of sp³-hybridized carbons (Fsp3) is 0.278. The Morgan fingerprint density at radius 1 is 1.04 bits per heavy atom. The van der Waals surface area contributed by atoms with E-state index >= 15 is 0 Å². The van der Waals surface area contributed by atoms with Gasteiger partial charge in [0.1, 0.15) is 0 Å². The number of aryl methyl sites for hydroxylation is 1. The van der Waals surface area contributed by atoms with Crippen LogP contribution in [0.3, 0.4) is 0 Å². The molecule has 0 unspecified atom stereocenters. The maximum atomic E-state index is 12.2. The molecule has 0 heterocycles. The number of carbonyl (C=O) groups is 1. The smallest absolute Gasteiger partial charge is 0.242 e. The van der Waals surface area contributed by atoms with Crippen LogP contribution in [0.2, 0.25) is 0 Å². The molecule has 0 spiro atoms. The largest absolute Gasteiger partial charge is 0.326 e. The molecular formula is C18H22N2O3S. The molecule has 0 radical (unpaired) electrons. The number of nitrogens with one attached hydrogen (secondary N) is 1. The second-order valence-corrected chi connectivity index (χ2v) is 7.82. The summed E-state index contributed by atoms with van der Waals surface area (Å²) in [6.45, 7) is 2.04. The van der Waals surface area contributed by atoms with E-state index in [2.05, 4.69) is 5.32 Å². The van der Waals surface area contributed by atoms with E-state index in [1.54, 1.807) is 12.1 Å². The van der Waals surface area contributed by atoms with E-state index in [0.29, 0.717) is 0 Å². The Hall–Kier alpha value is -2.18. The second-order valence-electron chi connectivity index (χ2n) is 5.67. The van der Waals surface area contributed by atoms with Gasteiger partial charge < -0.3 is 5.32 Å². The molecule has 5 nitrogen and oxygen atoms in total. The molecule has 0 bridgehead atoms. The Balaban J connectivity index is 2.07. The van der Waals surface area contributed by atoms with Gasteiger partial charge in [0.05, 0.1) is 11.3 Å². The van der Waals surface area contributed by atoms with Gasteiger partial charge in [0, 0.05) is 19.8 Å². The number of sulfonamides is 1. The van der Waals surface area contributed by atoms with Crippen LogP contribution < -0.4 is 5.32 Å². The van der Waals surface area contributed by atoms with Crippen molar-refractivity contribution in [2.45, 2.75) is 24.7 Å². The Morgan fingerprint density at radius 2 is 1.67 bits per heavy atom. The average molecular weight is 346 g/mol. The second kappa shape index (κ2) is 7.59. The molecule has 0 aromatic heterocycles. The molecule has 2 aromatic rings. The van der Waals surface area contributed by atoms with Crippen LogP contribution in [0.15, 0.2) is 53.4 Å². The van der Waals surface area contributed by atoms with Crippen LogP contribution in [0.4, 0.5) is 5.69 Å². The lowest BCUT2D eigenvalue weighted by Gasteiger charge is -2.12. The lowest BCUT2D eigenvalue weighted by molar-refractivity contribution is -0.115. The van der Waals surface area contributed by atoms with E-state index in [1.165, 1.54) is 26.2 Å². The molecule has 1 N–H and O–H groups in total. The molecule has 2 aromatic carbocycles. The molecule has 0 saturated heterocycles. The minimum atomic E-state index is -3.45. The number of amides is 1. The van der Waals surface area contributed by atoms with Crippen molar-refractivity contribution in [3.63, 3.8) is 0 Å². The van der Waals surface area contributed by atoms with E-state index in [-0.39, 0.29) is 17.2 Å². The van der Waals surface area contributed by atoms with Crippen molar-refractivity contribution in [1.29, 1.82) is 0 Å². The number of hydrogen-bond donors (Lipinski definition) is 1. The van der Waals surface area contributed by atoms with Gasteiger partial charge in [-0.15, -0.1) is 0 Å². The van der Waals surface area contributed by atoms with Crippen molar-refractivity contribution in [3.8, 4) is 0 Å². The average Bonchev–Trinajstić information content (AvgIpc) is 2.55. The van der Waals surface area contributed by atoms with Crippen LogP contribution in [-0.2, 0) is 27.7 Å². The highest BCUT2D eigenvalue weighted by Crippen LogP contribution is 2.17. The summed E-state index contributed by atoms with van der Waals surface area (Å²) in [5, 5.41) is 2.91. The zero-order valence-electron chi connectivity index (χ0n) is 14.1. The lowest BCUT2D eigenvalue weighted by Crippen LogP contribution is -2.22. The van der Waals surface area contributed by atoms with E-state index in [1.807, 2.05) is 31.2 Å². The minimum Gasteiger partial charge on any atom is -0.326 e. The highest BCUT2D eigenvalue weighted by Gasteiger charge is 2.16. The van der Waals surface area contributed by atoms with Crippen LogP contribution in [-0.4, -0.2) is 32.7 Å². The maximum absolute atomic E-state index is 12.2. The minimum absolute atomic E-state index is 0.126. The van der Waals surface area contributed by atoms with Crippen molar-refractivity contribution in [1.82, 2.24) is 4.31 Å². The van der Waals surface area contributed by atoms with Gasteiger partial charge in [0.2, 0.25) is 15.9 Å². The number of hydrogen-bond acceptors (Lipinski definition) is 3. The summed E-state index contributed by atoms with van der Waals surface area (Å²) in [4.78, 5) is 12.4. The van der Waals surface area contributed by atoms with E-state index in [0.717, 1.165) is 27.5 Å². The summed E-state index contributed by atoms with van der Waals surface area (Å²) in [7, 11) is -0.471. The Kier molecular flexibility index (Phi) is 5.75. The first kappa shape index (κ1) is 18.2. The predicted octanol–water partition coefficient (Wildman–Crippen LogP) is 2.68. The topological polar surface area (TPSA) is 66.5 Å². The summed E-state index contributed by atoms with van der Waals surface area (Å²) in [6, 6.07) is 14.1. The fourth-order valence-corrected chi connectivity index (χ4v) is 3.22. The van der Waals surface area contributed by atoms with Gasteiger partial charge in [-0.1, -0.05) is 37.3 Å². The van der Waals surface area contributed by atoms with Gasteiger partial charge in [-0.05, 0) is 35.7 Å². The van der Waals surface area contributed by atoms with Crippen LogP contribution in [0.1, 0.15) is 18.1 Å². The molecule has 128 valence electrons. The van der Waals surface area contributed by atoms with Crippen molar-refractivity contribution in [2.75, 3.05) is 19.4 Å². The van der Waals surface area contributed by atoms with Gasteiger partial charge in [0.15, 0.2) is 0 Å². The maximum Gasteiger partial charge on any atom is 0.242 e. The third kappa shape index (κ3) is 4.21. The van der Waals surface area contributed by atoms with E-state index in [9.17, 15) is 13.2 Å². The van der Waals surface area contributed by atoms with Crippen molar-refractivity contribution < 1.29 is 13.2 Å². The molecule has 0 aliphatic heterocycles. The number of carbonyl (C=O) groups excluding carboxylic acids is 1. The molecule has 0 aliphatic rings. The van der Waals surface area contributed by atoms with Gasteiger partial charge in [-0.2, -0.15) is 0 Å². The summed E-state index contributed by atoms with van der Waals surface area (Å²) < 4.78 is 25.2. The number of benzene rings is 2. The molecule has 2 rings (SSSR count). The van der Waals surface area contributed by atoms with Gasteiger partial charge in [0.25, 0.3) is 0 Å². The number of para-hydroxylation sites is 1. The molecule has 6 heteroatoms. The highest BCUT2D eigenvalue weighted by atomic mass is 32.2. The molecule has 0 fully saturated rings. The molecule has 24 heavy (non-hydrogen) atoms. The van der Waals surface area contributed by atoms with Gasteiger partial charge in [-0.3, -0.25) is 4.79 Å². The van der Waals surface area contributed by atoms with Gasteiger partial charge >= 0.3 is 0 Å². The van der Waals surface area contributed by atoms with Crippen molar-refractivity contribution >= 4 is 21.6 Å². The quantitative estimate of drug-likeness (QED) is 0.874. The normalized spacial score (nSPS) is 11.5. The van der Waals surface area contributed by atoms with Gasteiger partial charge in [-0.25, -0.2) is 12.7 Å². The number of rotatable bonds is 6. The summed E-state index contributed by atoms with van der Waals surface area (Å²) >= 11 is 0. The molecule has 0 atom stereocenters. The van der Waals surface area contributed by atoms with Crippen LogP contribution in [0.25, 0.3) is 0 Å². The van der Waals surface area contributed by atoms with E-state index < -0.39 is 10.0 Å². The van der Waals surface area contributed by atoms with E-state index in [4.69, 9.17) is 0 Å². The molecule has 1 amide bonds. The predicted molar refractivity (Wildman–Crippen MR) is 95.5 cm³/mol. The van der Waals surface area contributed by atoms with Crippen LogP contribution in [0, 0.1) is 0 Å². The summed E-state index contributed by atoms with van der Waals surface area (Å²) in [5.74, 6) is -0.126. The van der Waals surface area contributed by atoms with Crippen LogP contribution in [0.5, 0.6) is 0 Å². The fourth-order valence-electron chi connectivity index (χ4n) is 2.32.